The standard InChI is InChI=1S/C10H17N3O/c1-8(7-14-3)12-6-10-4-5-11-9(2)13-10/h4-5,8,12H,6-7H2,1-3H3. The van der Waals surface area contributed by atoms with E-state index in [1.165, 1.54) is 0 Å². The fraction of sp³-hybridized carbons (Fsp3) is 0.600. The molecule has 0 aliphatic heterocycles. The highest BCUT2D eigenvalue weighted by atomic mass is 16.5. The molecule has 14 heavy (non-hydrogen) atoms. The molecule has 1 aromatic rings. The van der Waals surface area contributed by atoms with E-state index in [-0.39, 0.29) is 0 Å². The molecule has 0 bridgehead atoms. The van der Waals surface area contributed by atoms with Crippen LogP contribution in [-0.4, -0.2) is 29.7 Å². The summed E-state index contributed by atoms with van der Waals surface area (Å²) in [6.07, 6.45) is 1.78. The molecule has 0 spiro atoms. The van der Waals surface area contributed by atoms with E-state index in [1.54, 1.807) is 13.3 Å². The summed E-state index contributed by atoms with van der Waals surface area (Å²) in [5.41, 5.74) is 1.01. The molecule has 78 valence electrons. The van der Waals surface area contributed by atoms with E-state index in [0.29, 0.717) is 12.6 Å². The molecule has 0 saturated carbocycles. The summed E-state index contributed by atoms with van der Waals surface area (Å²) in [6.45, 7) is 5.44. The van der Waals surface area contributed by atoms with Crippen LogP contribution in [0.3, 0.4) is 0 Å². The lowest BCUT2D eigenvalue weighted by Gasteiger charge is -2.11. The second-order valence-corrected chi connectivity index (χ2v) is 3.33. The molecular formula is C10H17N3O. The van der Waals surface area contributed by atoms with Gasteiger partial charge >= 0.3 is 0 Å². The average molecular weight is 195 g/mol. The van der Waals surface area contributed by atoms with Crippen molar-refractivity contribution in [3.63, 3.8) is 0 Å². The number of nitrogens with zero attached hydrogens (tertiary/aromatic N) is 2. The van der Waals surface area contributed by atoms with Gasteiger partial charge in [-0.25, -0.2) is 9.97 Å². The van der Waals surface area contributed by atoms with Crippen molar-refractivity contribution in [2.45, 2.75) is 26.4 Å². The van der Waals surface area contributed by atoms with Gasteiger partial charge in [-0.15, -0.1) is 0 Å². The Kier molecular flexibility index (Phi) is 4.49. The number of nitrogens with one attached hydrogen (secondary N) is 1. The van der Waals surface area contributed by atoms with Gasteiger partial charge in [-0.1, -0.05) is 0 Å². The lowest BCUT2D eigenvalue weighted by atomic mass is 10.3. The zero-order valence-corrected chi connectivity index (χ0v) is 8.95. The average Bonchev–Trinajstić information content (AvgIpc) is 2.15. The first-order chi connectivity index (χ1) is 6.72. The Hall–Kier alpha value is -1.00. The van der Waals surface area contributed by atoms with Crippen LogP contribution in [0.25, 0.3) is 0 Å². The van der Waals surface area contributed by atoms with Crippen LogP contribution in [0.15, 0.2) is 12.3 Å². The van der Waals surface area contributed by atoms with Crippen LogP contribution >= 0.6 is 0 Å². The normalized spacial score (nSPS) is 12.8. The number of methoxy groups -OCH3 is 1. The lowest BCUT2D eigenvalue weighted by Crippen LogP contribution is -2.29. The van der Waals surface area contributed by atoms with Gasteiger partial charge in [0.15, 0.2) is 0 Å². The molecule has 0 aromatic carbocycles. The van der Waals surface area contributed by atoms with E-state index in [2.05, 4.69) is 22.2 Å². The minimum Gasteiger partial charge on any atom is -0.383 e. The fourth-order valence-electron chi connectivity index (χ4n) is 1.19. The molecule has 0 aliphatic carbocycles. The van der Waals surface area contributed by atoms with Gasteiger partial charge < -0.3 is 10.1 Å². The van der Waals surface area contributed by atoms with Crippen molar-refractivity contribution < 1.29 is 4.74 Å². The van der Waals surface area contributed by atoms with Gasteiger partial charge in [-0.3, -0.25) is 0 Å². The van der Waals surface area contributed by atoms with Gasteiger partial charge in [0, 0.05) is 25.9 Å². The smallest absolute Gasteiger partial charge is 0.125 e. The molecule has 0 radical (unpaired) electrons. The van der Waals surface area contributed by atoms with Crippen molar-refractivity contribution in [1.82, 2.24) is 15.3 Å². The molecule has 1 aromatic heterocycles. The maximum Gasteiger partial charge on any atom is 0.125 e. The molecule has 1 atom stereocenters. The van der Waals surface area contributed by atoms with Gasteiger partial charge in [-0.2, -0.15) is 0 Å². The zero-order valence-electron chi connectivity index (χ0n) is 8.95. The summed E-state index contributed by atoms with van der Waals surface area (Å²) in [5, 5.41) is 3.31. The topological polar surface area (TPSA) is 47.0 Å². The summed E-state index contributed by atoms with van der Waals surface area (Å²) < 4.78 is 5.02. The van der Waals surface area contributed by atoms with Crippen LogP contribution in [0.2, 0.25) is 0 Å². The van der Waals surface area contributed by atoms with Gasteiger partial charge in [0.25, 0.3) is 0 Å². The lowest BCUT2D eigenvalue weighted by molar-refractivity contribution is 0.171. The molecule has 0 saturated heterocycles. The number of aryl methyl sites for hydroxylation is 1. The zero-order chi connectivity index (χ0) is 10.4. The summed E-state index contributed by atoms with van der Waals surface area (Å²) in [6, 6.07) is 2.26. The summed E-state index contributed by atoms with van der Waals surface area (Å²) in [7, 11) is 1.70. The minimum atomic E-state index is 0.343. The number of hydrogen-bond acceptors (Lipinski definition) is 4. The van der Waals surface area contributed by atoms with Gasteiger partial charge in [0.1, 0.15) is 5.82 Å². The Morgan fingerprint density at radius 2 is 2.36 bits per heavy atom. The summed E-state index contributed by atoms with van der Waals surface area (Å²) >= 11 is 0. The maximum absolute atomic E-state index is 5.02. The Labute approximate surface area is 84.7 Å². The molecule has 1 rings (SSSR count). The first-order valence-corrected chi connectivity index (χ1v) is 4.73. The highest BCUT2D eigenvalue weighted by Crippen LogP contribution is 1.95. The molecular weight excluding hydrogens is 178 g/mol. The van der Waals surface area contributed by atoms with Gasteiger partial charge in [0.05, 0.1) is 12.3 Å². The minimum absolute atomic E-state index is 0.343. The highest BCUT2D eigenvalue weighted by Gasteiger charge is 2.01. The van der Waals surface area contributed by atoms with Crippen LogP contribution in [0.1, 0.15) is 18.4 Å². The molecule has 0 amide bonds. The Morgan fingerprint density at radius 3 is 3.00 bits per heavy atom. The van der Waals surface area contributed by atoms with Crippen LogP contribution in [0.4, 0.5) is 0 Å². The predicted molar refractivity (Wildman–Crippen MR) is 54.9 cm³/mol. The van der Waals surface area contributed by atoms with Crippen LogP contribution < -0.4 is 5.32 Å². The first-order valence-electron chi connectivity index (χ1n) is 4.73. The third-order valence-corrected chi connectivity index (χ3v) is 1.88. The quantitative estimate of drug-likeness (QED) is 0.758. The highest BCUT2D eigenvalue weighted by molar-refractivity contribution is 5.01. The molecule has 0 fully saturated rings. The molecule has 1 heterocycles. The van der Waals surface area contributed by atoms with Crippen molar-refractivity contribution >= 4 is 0 Å². The fourth-order valence-corrected chi connectivity index (χ4v) is 1.19. The summed E-state index contributed by atoms with van der Waals surface area (Å²) in [4.78, 5) is 8.33. The third-order valence-electron chi connectivity index (χ3n) is 1.88. The monoisotopic (exact) mass is 195 g/mol. The predicted octanol–water partition coefficient (Wildman–Crippen LogP) is 0.910. The SMILES string of the molecule is COCC(C)NCc1ccnc(C)n1. The van der Waals surface area contributed by atoms with Crippen LogP contribution in [0, 0.1) is 6.92 Å². The van der Waals surface area contributed by atoms with Crippen molar-refractivity contribution in [3.05, 3.63) is 23.8 Å². The maximum atomic E-state index is 5.02. The van der Waals surface area contributed by atoms with E-state index >= 15 is 0 Å². The first kappa shape index (κ1) is 11.1. The largest absolute Gasteiger partial charge is 0.383 e. The van der Waals surface area contributed by atoms with Crippen molar-refractivity contribution in [2.75, 3.05) is 13.7 Å². The van der Waals surface area contributed by atoms with Crippen molar-refractivity contribution in [3.8, 4) is 0 Å². The second kappa shape index (κ2) is 5.67. The Bertz CT molecular complexity index is 278. The van der Waals surface area contributed by atoms with E-state index in [0.717, 1.165) is 18.1 Å². The number of ether oxygens (including phenoxy) is 1. The number of rotatable bonds is 5. The van der Waals surface area contributed by atoms with Crippen LogP contribution in [0.5, 0.6) is 0 Å². The van der Waals surface area contributed by atoms with E-state index in [9.17, 15) is 0 Å². The molecule has 1 N–H and O–H groups in total. The second-order valence-electron chi connectivity index (χ2n) is 3.33. The van der Waals surface area contributed by atoms with Crippen LogP contribution in [-0.2, 0) is 11.3 Å². The van der Waals surface area contributed by atoms with E-state index in [1.807, 2.05) is 13.0 Å². The molecule has 0 aliphatic rings. The van der Waals surface area contributed by atoms with Gasteiger partial charge in [-0.05, 0) is 19.9 Å². The molecule has 4 heteroatoms. The van der Waals surface area contributed by atoms with Crippen molar-refractivity contribution in [1.29, 1.82) is 0 Å². The molecule has 1 unspecified atom stereocenters. The van der Waals surface area contributed by atoms with E-state index in [4.69, 9.17) is 4.74 Å². The summed E-state index contributed by atoms with van der Waals surface area (Å²) in [5.74, 6) is 0.809. The number of aromatic nitrogens is 2. The van der Waals surface area contributed by atoms with Crippen molar-refractivity contribution in [2.24, 2.45) is 0 Å². The van der Waals surface area contributed by atoms with E-state index < -0.39 is 0 Å². The number of hydrogen-bond donors (Lipinski definition) is 1. The Morgan fingerprint density at radius 1 is 1.57 bits per heavy atom. The molecule has 4 nitrogen and oxygen atoms in total. The van der Waals surface area contributed by atoms with Gasteiger partial charge in [0.2, 0.25) is 0 Å². The third kappa shape index (κ3) is 3.81. The Balaban J connectivity index is 2.37.